The van der Waals surface area contributed by atoms with Crippen molar-refractivity contribution in [3.05, 3.63) is 28.8 Å². The Balaban J connectivity index is 2.78. The van der Waals surface area contributed by atoms with Crippen molar-refractivity contribution in [1.29, 1.82) is 0 Å². The summed E-state index contributed by atoms with van der Waals surface area (Å²) in [6, 6.07) is 3.93. The number of aliphatic hydroxyl groups is 1. The smallest absolute Gasteiger partial charge is 0.382 e. The minimum atomic E-state index is -4.79. The Morgan fingerprint density at radius 2 is 2.14 bits per heavy atom. The van der Waals surface area contributed by atoms with E-state index in [-0.39, 0.29) is 6.61 Å². The van der Waals surface area contributed by atoms with Crippen molar-refractivity contribution in [2.75, 3.05) is 26.0 Å². The molecule has 5 nitrogen and oxygen atoms in total. The number of alkyl halides is 3. The standard InChI is InChI=1S/C13H16ClF3N2O3/c1-19(6-11(20)13(15,16)17)12(21)18-10-5-3-4-9(14)8(10)7-22-2/h3-5,11,20H,6-7H2,1-2H3,(H,18,21). The molecule has 0 spiro atoms. The summed E-state index contributed by atoms with van der Waals surface area (Å²) in [5.41, 5.74) is 0.831. The minimum Gasteiger partial charge on any atom is -0.382 e. The van der Waals surface area contributed by atoms with Crippen LogP contribution in [-0.2, 0) is 11.3 Å². The van der Waals surface area contributed by atoms with Crippen LogP contribution in [0.25, 0.3) is 0 Å². The van der Waals surface area contributed by atoms with E-state index in [1.54, 1.807) is 18.2 Å². The van der Waals surface area contributed by atoms with Crippen LogP contribution >= 0.6 is 11.6 Å². The lowest BCUT2D eigenvalue weighted by molar-refractivity contribution is -0.205. The maximum absolute atomic E-state index is 12.3. The van der Waals surface area contributed by atoms with Crippen molar-refractivity contribution in [1.82, 2.24) is 4.90 Å². The Morgan fingerprint density at radius 1 is 1.50 bits per heavy atom. The van der Waals surface area contributed by atoms with Crippen molar-refractivity contribution in [2.24, 2.45) is 0 Å². The molecular weight excluding hydrogens is 325 g/mol. The number of ether oxygens (including phenoxy) is 1. The van der Waals surface area contributed by atoms with Crippen LogP contribution in [0.1, 0.15) is 5.56 Å². The van der Waals surface area contributed by atoms with E-state index in [4.69, 9.17) is 21.4 Å². The molecule has 2 N–H and O–H groups in total. The van der Waals surface area contributed by atoms with Crippen LogP contribution in [0.3, 0.4) is 0 Å². The number of hydrogen-bond donors (Lipinski definition) is 2. The molecule has 0 saturated heterocycles. The fraction of sp³-hybridized carbons (Fsp3) is 0.462. The number of carbonyl (C=O) groups is 1. The quantitative estimate of drug-likeness (QED) is 0.866. The number of hydrogen-bond acceptors (Lipinski definition) is 3. The highest BCUT2D eigenvalue weighted by Gasteiger charge is 2.39. The summed E-state index contributed by atoms with van der Waals surface area (Å²) < 4.78 is 41.8. The second kappa shape index (κ2) is 7.66. The number of urea groups is 1. The summed E-state index contributed by atoms with van der Waals surface area (Å²) in [6.45, 7) is -0.750. The topological polar surface area (TPSA) is 61.8 Å². The average molecular weight is 341 g/mol. The summed E-state index contributed by atoms with van der Waals surface area (Å²) in [5.74, 6) is 0. The number of rotatable bonds is 5. The fourth-order valence-corrected chi connectivity index (χ4v) is 1.85. The number of benzene rings is 1. The van der Waals surface area contributed by atoms with Crippen LogP contribution in [-0.4, -0.2) is 49.0 Å². The van der Waals surface area contributed by atoms with Gasteiger partial charge in [-0.25, -0.2) is 4.79 Å². The second-order valence-electron chi connectivity index (χ2n) is 4.57. The van der Waals surface area contributed by atoms with Crippen LogP contribution in [0.2, 0.25) is 5.02 Å². The molecule has 1 unspecified atom stereocenters. The Labute approximate surface area is 130 Å². The van der Waals surface area contributed by atoms with E-state index >= 15 is 0 Å². The number of nitrogens with zero attached hydrogens (tertiary/aromatic N) is 1. The van der Waals surface area contributed by atoms with Gasteiger partial charge in [-0.05, 0) is 12.1 Å². The first-order valence-corrected chi connectivity index (χ1v) is 6.57. The zero-order valence-corrected chi connectivity index (χ0v) is 12.7. The molecule has 0 bridgehead atoms. The lowest BCUT2D eigenvalue weighted by Gasteiger charge is -2.23. The van der Waals surface area contributed by atoms with Crippen molar-refractivity contribution >= 4 is 23.3 Å². The number of anilines is 1. The van der Waals surface area contributed by atoms with Crippen LogP contribution in [0.5, 0.6) is 0 Å². The largest absolute Gasteiger partial charge is 0.416 e. The minimum absolute atomic E-state index is 0.129. The predicted molar refractivity (Wildman–Crippen MR) is 75.9 cm³/mol. The molecule has 0 aliphatic carbocycles. The Hall–Kier alpha value is -1.51. The SMILES string of the molecule is COCc1c(Cl)cccc1NC(=O)N(C)CC(O)C(F)(F)F. The highest BCUT2D eigenvalue weighted by Crippen LogP contribution is 2.25. The average Bonchev–Trinajstić information content (AvgIpc) is 2.41. The summed E-state index contributed by atoms with van der Waals surface area (Å²) >= 11 is 5.98. The molecule has 0 radical (unpaired) electrons. The third kappa shape index (κ3) is 5.04. The van der Waals surface area contributed by atoms with Gasteiger partial charge in [-0.1, -0.05) is 17.7 Å². The first kappa shape index (κ1) is 18.5. The third-order valence-electron chi connectivity index (χ3n) is 2.82. The van der Waals surface area contributed by atoms with Gasteiger partial charge in [-0.15, -0.1) is 0 Å². The molecule has 22 heavy (non-hydrogen) atoms. The predicted octanol–water partition coefficient (Wildman–Crippen LogP) is 2.87. The maximum Gasteiger partial charge on any atom is 0.416 e. The number of amides is 2. The Kier molecular flexibility index (Phi) is 6.46. The van der Waals surface area contributed by atoms with E-state index < -0.39 is 24.9 Å². The molecule has 2 amide bonds. The third-order valence-corrected chi connectivity index (χ3v) is 3.17. The Morgan fingerprint density at radius 3 is 2.68 bits per heavy atom. The number of nitrogens with one attached hydrogen (secondary N) is 1. The maximum atomic E-state index is 12.3. The van der Waals surface area contributed by atoms with Gasteiger partial charge in [0.1, 0.15) is 0 Å². The molecular formula is C13H16ClF3N2O3. The van der Waals surface area contributed by atoms with Crippen molar-refractivity contribution in [3.63, 3.8) is 0 Å². The number of halogens is 4. The first-order chi connectivity index (χ1) is 10.2. The summed E-state index contributed by atoms with van der Waals surface area (Å²) in [5, 5.41) is 11.8. The second-order valence-corrected chi connectivity index (χ2v) is 4.97. The van der Waals surface area contributed by atoms with Gasteiger partial charge in [0, 0.05) is 30.4 Å². The molecule has 124 valence electrons. The van der Waals surface area contributed by atoms with Gasteiger partial charge in [0.25, 0.3) is 0 Å². The monoisotopic (exact) mass is 340 g/mol. The molecule has 0 fully saturated rings. The van der Waals surface area contributed by atoms with Gasteiger partial charge in [0.05, 0.1) is 13.2 Å². The van der Waals surface area contributed by atoms with Crippen molar-refractivity contribution in [2.45, 2.75) is 18.9 Å². The zero-order valence-electron chi connectivity index (χ0n) is 11.9. The lowest BCUT2D eigenvalue weighted by Crippen LogP contribution is -2.43. The molecule has 1 aromatic carbocycles. The van der Waals surface area contributed by atoms with E-state index in [0.717, 1.165) is 11.9 Å². The van der Waals surface area contributed by atoms with Gasteiger partial charge >= 0.3 is 12.2 Å². The molecule has 0 aliphatic rings. The van der Waals surface area contributed by atoms with E-state index in [9.17, 15) is 18.0 Å². The van der Waals surface area contributed by atoms with Gasteiger partial charge in [0.15, 0.2) is 6.10 Å². The van der Waals surface area contributed by atoms with Crippen molar-refractivity contribution in [3.8, 4) is 0 Å². The van der Waals surface area contributed by atoms with E-state index in [1.807, 2.05) is 0 Å². The summed E-state index contributed by atoms with van der Waals surface area (Å²) in [6.07, 6.45) is -7.40. The number of likely N-dealkylation sites (N-methyl/N-ethyl adjacent to an activating group) is 1. The molecule has 1 atom stereocenters. The van der Waals surface area contributed by atoms with Crippen molar-refractivity contribution < 1.29 is 27.8 Å². The molecule has 0 aromatic heterocycles. The first-order valence-electron chi connectivity index (χ1n) is 6.20. The summed E-state index contributed by atoms with van der Waals surface area (Å²) in [4.78, 5) is 12.6. The van der Waals surface area contributed by atoms with Crippen LogP contribution in [0.4, 0.5) is 23.7 Å². The van der Waals surface area contributed by atoms with Gasteiger partial charge in [0.2, 0.25) is 0 Å². The molecule has 9 heteroatoms. The lowest BCUT2D eigenvalue weighted by atomic mass is 10.2. The number of aliphatic hydroxyl groups excluding tert-OH is 1. The Bertz CT molecular complexity index is 526. The van der Waals surface area contributed by atoms with Gasteiger partial charge in [-0.2, -0.15) is 13.2 Å². The van der Waals surface area contributed by atoms with E-state index in [2.05, 4.69) is 5.32 Å². The highest BCUT2D eigenvalue weighted by molar-refractivity contribution is 6.31. The highest BCUT2D eigenvalue weighted by atomic mass is 35.5. The van der Waals surface area contributed by atoms with Crippen LogP contribution in [0.15, 0.2) is 18.2 Å². The molecule has 1 aromatic rings. The molecule has 1 rings (SSSR count). The molecule has 0 saturated carbocycles. The van der Waals surface area contributed by atoms with E-state index in [1.165, 1.54) is 7.11 Å². The van der Waals surface area contributed by atoms with Gasteiger partial charge < -0.3 is 20.1 Å². The summed E-state index contributed by atoms with van der Waals surface area (Å²) in [7, 11) is 2.59. The van der Waals surface area contributed by atoms with Gasteiger partial charge in [-0.3, -0.25) is 0 Å². The van der Waals surface area contributed by atoms with Crippen LogP contribution < -0.4 is 5.32 Å². The fourth-order valence-electron chi connectivity index (χ4n) is 1.62. The van der Waals surface area contributed by atoms with Crippen LogP contribution in [0, 0.1) is 0 Å². The normalized spacial score (nSPS) is 12.9. The number of carbonyl (C=O) groups excluding carboxylic acids is 1. The number of methoxy groups -OCH3 is 1. The van der Waals surface area contributed by atoms with E-state index in [0.29, 0.717) is 16.3 Å². The molecule has 0 heterocycles. The zero-order chi connectivity index (χ0) is 16.9. The molecule has 0 aliphatic heterocycles.